The molecule has 4 nitrogen and oxygen atoms in total. The summed E-state index contributed by atoms with van der Waals surface area (Å²) in [5, 5.41) is 0. The molecule has 0 aromatic heterocycles. The number of hydrogen-bond acceptors (Lipinski definition) is 4. The number of hydrogen-bond donors (Lipinski definition) is 0. The minimum absolute atomic E-state index is 0.0494. The normalized spacial score (nSPS) is 13.9. The van der Waals surface area contributed by atoms with E-state index in [1.807, 2.05) is 13.8 Å². The summed E-state index contributed by atoms with van der Waals surface area (Å²) in [5.41, 5.74) is 0.830. The zero-order valence-corrected chi connectivity index (χ0v) is 20.8. The number of rotatable bonds is 8. The number of halogens is 2. The third-order valence-electron chi connectivity index (χ3n) is 3.35. The zero-order valence-electron chi connectivity index (χ0n) is 16.9. The van der Waals surface area contributed by atoms with E-state index in [1.54, 1.807) is 13.8 Å². The summed E-state index contributed by atoms with van der Waals surface area (Å²) in [7, 11) is 9.87. The van der Waals surface area contributed by atoms with E-state index in [0.717, 1.165) is 0 Å². The van der Waals surface area contributed by atoms with Crippen molar-refractivity contribution in [3.05, 3.63) is 52.0 Å². The molecule has 0 aliphatic carbocycles. The third-order valence-corrected chi connectivity index (χ3v) is 3.35. The first kappa shape index (κ1) is 31.6. The topological polar surface area (TPSA) is 52.6 Å². The molecule has 0 radical (unpaired) electrons. The van der Waals surface area contributed by atoms with Gasteiger partial charge in [0.1, 0.15) is 0 Å². The van der Waals surface area contributed by atoms with Crippen molar-refractivity contribution in [1.82, 2.24) is 0 Å². The molecule has 0 spiro atoms. The van der Waals surface area contributed by atoms with Crippen LogP contribution >= 0.6 is 17.0 Å². The molecule has 0 aliphatic heterocycles. The molecule has 0 aromatic rings. The molecule has 0 bridgehead atoms. The molecule has 0 N–H and O–H groups in total. The Bertz CT molecular complexity index is 415. The van der Waals surface area contributed by atoms with Gasteiger partial charge in [0, 0.05) is 11.1 Å². The van der Waals surface area contributed by atoms with Crippen molar-refractivity contribution in [1.29, 1.82) is 0 Å². The Balaban J connectivity index is -0.000000372. The van der Waals surface area contributed by atoms with Crippen LogP contribution in [0.1, 0.15) is 40.5 Å². The Morgan fingerprint density at radius 2 is 1.11 bits per heavy atom. The van der Waals surface area contributed by atoms with Gasteiger partial charge < -0.3 is 37.2 Å². The Morgan fingerprint density at radius 3 is 1.26 bits per heavy atom. The molecule has 7 heteroatoms. The second-order valence-electron chi connectivity index (χ2n) is 5.95. The van der Waals surface area contributed by atoms with E-state index in [-0.39, 0.29) is 36.0 Å². The van der Waals surface area contributed by atoms with Crippen LogP contribution in [-0.2, 0) is 39.9 Å². The summed E-state index contributed by atoms with van der Waals surface area (Å²) in [5.74, 6) is -0.615. The van der Waals surface area contributed by atoms with E-state index in [4.69, 9.17) is 26.5 Å². The Kier molecular flexibility index (Phi) is 22.5. The average Bonchev–Trinajstić information content (AvgIpc) is 2.60. The molecule has 4 unspecified atom stereocenters. The van der Waals surface area contributed by atoms with Crippen LogP contribution in [0.15, 0.2) is 24.3 Å². The van der Waals surface area contributed by atoms with Crippen molar-refractivity contribution in [2.24, 2.45) is 11.8 Å². The molecule has 0 aromatic carbocycles. The van der Waals surface area contributed by atoms with Gasteiger partial charge in [0.25, 0.3) is 0 Å². The van der Waals surface area contributed by atoms with Crippen LogP contribution in [0.3, 0.4) is 0 Å². The van der Waals surface area contributed by atoms with Gasteiger partial charge in [-0.15, -0.1) is 0 Å². The minimum atomic E-state index is -0.826. The van der Waals surface area contributed by atoms with Gasteiger partial charge in [-0.05, 0) is 27.7 Å². The standard InChI is InChI=1S/2C10H16O2.2ClH.Zr/c2*1-6-8(4)9(5)12-10(11)7(2)3;;;/h2*8-9H,1-2,4,6H2,3,5H3;2*1H;/q2*-2;;;+2/p-2. The molecule has 0 fully saturated rings. The average molecular weight is 499 g/mol. The van der Waals surface area contributed by atoms with Crippen LogP contribution in [0.4, 0.5) is 0 Å². The van der Waals surface area contributed by atoms with Crippen molar-refractivity contribution < 1.29 is 39.9 Å². The molecule has 0 heterocycles. The molecular formula is C20H32Cl2O4Zr-4. The molecule has 0 saturated carbocycles. The summed E-state index contributed by atoms with van der Waals surface area (Å²) in [6.07, 6.45) is 0.938. The summed E-state index contributed by atoms with van der Waals surface area (Å²) in [6, 6.07) is 0. The Morgan fingerprint density at radius 1 is 0.889 bits per heavy atom. The van der Waals surface area contributed by atoms with Gasteiger partial charge in [-0.2, -0.15) is 11.8 Å². The number of carbonyl (C=O) groups is 2. The van der Waals surface area contributed by atoms with Gasteiger partial charge in [0.15, 0.2) is 0 Å². The SMILES string of the molecule is C=C(C)C(=O)OC(C)C([CH2-])C[CH2-].C=C(C)C(=O)OC(C)C([CH2-])C[CH2-].[Cl][Zr][Cl]. The molecule has 4 atom stereocenters. The van der Waals surface area contributed by atoms with Crippen LogP contribution in [0.2, 0.25) is 0 Å². The maximum absolute atomic E-state index is 11.0. The number of esters is 2. The summed E-state index contributed by atoms with van der Waals surface area (Å²) in [6.45, 7) is 28.8. The summed E-state index contributed by atoms with van der Waals surface area (Å²) in [4.78, 5) is 22.0. The molecule has 0 aliphatic rings. The van der Waals surface area contributed by atoms with E-state index in [9.17, 15) is 9.59 Å². The van der Waals surface area contributed by atoms with E-state index >= 15 is 0 Å². The second kappa shape index (κ2) is 19.2. The number of ether oxygens (including phenoxy) is 2. The van der Waals surface area contributed by atoms with Gasteiger partial charge in [0.05, 0.1) is 12.2 Å². The zero-order chi connectivity index (χ0) is 22.2. The van der Waals surface area contributed by atoms with Gasteiger partial charge in [-0.3, -0.25) is 0 Å². The fourth-order valence-electron chi connectivity index (χ4n) is 1.20. The Labute approximate surface area is 184 Å². The van der Waals surface area contributed by atoms with Gasteiger partial charge in [0.2, 0.25) is 0 Å². The van der Waals surface area contributed by atoms with Crippen LogP contribution in [0.25, 0.3) is 0 Å². The first-order valence-electron chi connectivity index (χ1n) is 8.33. The van der Waals surface area contributed by atoms with Crippen molar-refractivity contribution in [3.8, 4) is 0 Å². The van der Waals surface area contributed by atoms with E-state index in [1.165, 1.54) is 0 Å². The van der Waals surface area contributed by atoms with Crippen LogP contribution < -0.4 is 0 Å². The Hall–Kier alpha value is -0.117. The first-order chi connectivity index (χ1) is 12.4. The molecule has 0 rings (SSSR count). The fraction of sp³-hybridized carbons (Fsp3) is 0.500. The monoisotopic (exact) mass is 496 g/mol. The second-order valence-corrected chi connectivity index (χ2v) is 9.68. The van der Waals surface area contributed by atoms with Crippen LogP contribution in [0.5, 0.6) is 0 Å². The summed E-state index contributed by atoms with van der Waals surface area (Å²) < 4.78 is 10.0. The van der Waals surface area contributed by atoms with Crippen LogP contribution in [-0.4, -0.2) is 24.1 Å². The van der Waals surface area contributed by atoms with E-state index in [2.05, 4.69) is 40.9 Å². The molecular weight excluding hydrogens is 466 g/mol. The first-order valence-corrected chi connectivity index (χ1v) is 14.7. The quantitative estimate of drug-likeness (QED) is 0.244. The maximum atomic E-state index is 11.0. The van der Waals surface area contributed by atoms with E-state index in [0.29, 0.717) is 24.0 Å². The fourth-order valence-corrected chi connectivity index (χ4v) is 1.20. The molecule has 0 amide bonds. The summed E-state index contributed by atoms with van der Waals surface area (Å²) >= 11 is -0.826. The molecule has 0 saturated heterocycles. The van der Waals surface area contributed by atoms with Crippen molar-refractivity contribution in [2.75, 3.05) is 0 Å². The van der Waals surface area contributed by atoms with Crippen molar-refractivity contribution in [2.45, 2.75) is 52.7 Å². The van der Waals surface area contributed by atoms with Crippen LogP contribution in [0, 0.1) is 39.5 Å². The third kappa shape index (κ3) is 19.0. The molecule has 27 heavy (non-hydrogen) atoms. The number of carbonyl (C=O) groups excluding carboxylic acids is 2. The van der Waals surface area contributed by atoms with Crippen molar-refractivity contribution >= 4 is 29.0 Å². The van der Waals surface area contributed by atoms with E-state index < -0.39 is 20.8 Å². The predicted molar refractivity (Wildman–Crippen MR) is 110 cm³/mol. The predicted octanol–water partition coefficient (Wildman–Crippen LogP) is 5.71. The van der Waals surface area contributed by atoms with Gasteiger partial charge >= 0.3 is 49.8 Å². The van der Waals surface area contributed by atoms with Crippen molar-refractivity contribution in [3.63, 3.8) is 0 Å². The molecule has 158 valence electrons. The van der Waals surface area contributed by atoms with Gasteiger partial charge in [-0.1, -0.05) is 13.2 Å². The van der Waals surface area contributed by atoms with Gasteiger partial charge in [-0.25, -0.2) is 22.4 Å².